The molecule has 0 aromatic heterocycles. The molecule has 0 spiro atoms. The Hall–Kier alpha value is -0.0271. The number of carboxylic acids is 1. The van der Waals surface area contributed by atoms with E-state index < -0.39 is 26.5 Å². The van der Waals surface area contributed by atoms with E-state index in [1.165, 1.54) is 6.92 Å². The molecule has 3 nitrogen and oxygen atoms in total. The molecule has 0 saturated heterocycles. The zero-order chi connectivity index (χ0) is 5.86. The summed E-state index contributed by atoms with van der Waals surface area (Å²) < 4.78 is 7.87. The summed E-state index contributed by atoms with van der Waals surface area (Å²) in [5.74, 6) is -0.873. The molecule has 0 saturated carbocycles. The number of rotatable bonds is 2. The molecule has 0 aliphatic heterocycles. The van der Waals surface area contributed by atoms with Gasteiger partial charge in [-0.3, -0.25) is 0 Å². The number of carboxylic acid groups (broad SMARTS) is 1. The second-order valence-corrected chi connectivity index (χ2v) is 4.76. The zero-order valence-corrected chi connectivity index (χ0v) is 7.05. The van der Waals surface area contributed by atoms with Crippen LogP contribution < -0.4 is 0 Å². The van der Waals surface area contributed by atoms with E-state index in [1.807, 2.05) is 0 Å². The molecule has 0 rings (SSSR count). The quantitative estimate of drug-likeness (QED) is 0.513. The van der Waals surface area contributed by atoms with Crippen LogP contribution in [0.5, 0.6) is 0 Å². The molecule has 0 radical (unpaired) electrons. The number of hydrogen-bond donors (Lipinski definition) is 2. The van der Waals surface area contributed by atoms with Gasteiger partial charge in [0.25, 0.3) is 0 Å². The van der Waals surface area contributed by atoms with Crippen molar-refractivity contribution in [3.63, 3.8) is 0 Å². The molecule has 2 N–H and O–H groups in total. The molecule has 4 heteroatoms. The summed E-state index contributed by atoms with van der Waals surface area (Å²) in [4.78, 5) is 9.82. The Balaban J connectivity index is 3.34. The molecule has 42 valence electrons. The van der Waals surface area contributed by atoms with Crippen molar-refractivity contribution in [2.45, 2.75) is 11.7 Å². The molecule has 0 bridgehead atoms. The zero-order valence-electron chi connectivity index (χ0n) is 4.09. The van der Waals surface area contributed by atoms with Crippen LogP contribution in [-0.4, -0.2) is 31.0 Å². The molecular formula is C3H8GeO3. The Morgan fingerprint density at radius 3 is 2.29 bits per heavy atom. The first-order valence-electron chi connectivity index (χ1n) is 2.02. The molecule has 0 aromatic carbocycles. The maximum atomic E-state index is 9.82. The van der Waals surface area contributed by atoms with E-state index in [-0.39, 0.29) is 0 Å². The van der Waals surface area contributed by atoms with Crippen LogP contribution in [0.3, 0.4) is 0 Å². The average Bonchev–Trinajstić information content (AvgIpc) is 1.65. The number of carbonyl (C=O) groups is 1. The first-order chi connectivity index (χ1) is 3.18. The van der Waals surface area contributed by atoms with E-state index in [9.17, 15) is 4.79 Å². The Morgan fingerprint density at radius 2 is 2.29 bits per heavy atom. The fourth-order valence-electron chi connectivity index (χ4n) is 0.0781. The minimum absolute atomic E-state index is 0.438. The predicted octanol–water partition coefficient (Wildman–Crippen LogP) is -1.04. The molecule has 0 fully saturated rings. The Bertz CT molecular complexity index is 72.6. The van der Waals surface area contributed by atoms with Gasteiger partial charge in [0.2, 0.25) is 0 Å². The Morgan fingerprint density at radius 1 is 1.86 bits per heavy atom. The second-order valence-electron chi connectivity index (χ2n) is 1.42. The van der Waals surface area contributed by atoms with Crippen LogP contribution in [-0.2, 0) is 4.79 Å². The summed E-state index contributed by atoms with van der Waals surface area (Å²) in [7, 11) is 0. The van der Waals surface area contributed by atoms with Gasteiger partial charge in [0, 0.05) is 0 Å². The predicted molar refractivity (Wildman–Crippen MR) is 27.8 cm³/mol. The van der Waals surface area contributed by atoms with Crippen molar-refractivity contribution in [1.82, 2.24) is 0 Å². The van der Waals surface area contributed by atoms with E-state index in [2.05, 4.69) is 0 Å². The summed E-state index contributed by atoms with van der Waals surface area (Å²) in [6.07, 6.45) is 0. The molecule has 0 aromatic rings. The van der Waals surface area contributed by atoms with Gasteiger partial charge in [0.1, 0.15) is 0 Å². The third kappa shape index (κ3) is 2.64. The molecule has 0 heterocycles. The van der Waals surface area contributed by atoms with Crippen molar-refractivity contribution in [1.29, 1.82) is 0 Å². The van der Waals surface area contributed by atoms with E-state index in [0.717, 1.165) is 0 Å². The van der Waals surface area contributed by atoms with Crippen molar-refractivity contribution in [3.05, 3.63) is 0 Å². The van der Waals surface area contributed by atoms with Gasteiger partial charge in [0.05, 0.1) is 0 Å². The van der Waals surface area contributed by atoms with Gasteiger partial charge in [-0.1, -0.05) is 0 Å². The number of aliphatic carboxylic acids is 1. The topological polar surface area (TPSA) is 57.5 Å². The van der Waals surface area contributed by atoms with Gasteiger partial charge in [-0.15, -0.1) is 0 Å². The molecule has 7 heavy (non-hydrogen) atoms. The maximum absolute atomic E-state index is 9.82. The molecular weight excluding hydrogens is 157 g/mol. The van der Waals surface area contributed by atoms with Crippen molar-refractivity contribution in [3.8, 4) is 0 Å². The van der Waals surface area contributed by atoms with Gasteiger partial charge in [-0.05, 0) is 0 Å². The summed E-state index contributed by atoms with van der Waals surface area (Å²) in [6.45, 7) is 1.53. The van der Waals surface area contributed by atoms with Gasteiger partial charge in [-0.25, -0.2) is 0 Å². The van der Waals surface area contributed by atoms with Crippen LogP contribution in [0.2, 0.25) is 4.75 Å². The molecule has 0 amide bonds. The molecule has 0 aliphatic rings. The van der Waals surface area contributed by atoms with Crippen LogP contribution in [0, 0.1) is 0 Å². The van der Waals surface area contributed by atoms with E-state index in [0.29, 0.717) is 0 Å². The first kappa shape index (κ1) is 6.97. The van der Waals surface area contributed by atoms with E-state index >= 15 is 0 Å². The van der Waals surface area contributed by atoms with Gasteiger partial charge < -0.3 is 0 Å². The third-order valence-corrected chi connectivity index (χ3v) is 2.58. The van der Waals surface area contributed by atoms with Crippen LogP contribution in [0.15, 0.2) is 0 Å². The van der Waals surface area contributed by atoms with Crippen molar-refractivity contribution in [2.75, 3.05) is 0 Å². The second kappa shape index (κ2) is 3.04. The summed E-state index contributed by atoms with van der Waals surface area (Å²) in [6, 6.07) is 0. The van der Waals surface area contributed by atoms with Gasteiger partial charge >= 0.3 is 47.4 Å². The Kier molecular flexibility index (Phi) is 3.03. The fourth-order valence-corrected chi connectivity index (χ4v) is 0.406. The van der Waals surface area contributed by atoms with E-state index in [4.69, 9.17) is 9.24 Å². The molecule has 1 unspecified atom stereocenters. The summed E-state index contributed by atoms with van der Waals surface area (Å²) in [5.41, 5.74) is 0. The first-order valence-corrected chi connectivity index (χ1v) is 5.06. The van der Waals surface area contributed by atoms with Crippen molar-refractivity contribution >= 4 is 21.7 Å². The van der Waals surface area contributed by atoms with Gasteiger partial charge in [-0.2, -0.15) is 0 Å². The average molecular weight is 165 g/mol. The van der Waals surface area contributed by atoms with Crippen LogP contribution >= 0.6 is 0 Å². The number of hydrogen-bond acceptors (Lipinski definition) is 2. The van der Waals surface area contributed by atoms with Gasteiger partial charge in [0.15, 0.2) is 0 Å². The fraction of sp³-hybridized carbons (Fsp3) is 0.667. The van der Waals surface area contributed by atoms with E-state index in [1.54, 1.807) is 0 Å². The van der Waals surface area contributed by atoms with Crippen LogP contribution in [0.1, 0.15) is 6.92 Å². The van der Waals surface area contributed by atoms with Crippen LogP contribution in [0.4, 0.5) is 0 Å². The van der Waals surface area contributed by atoms with Crippen molar-refractivity contribution < 1.29 is 14.0 Å². The SMILES string of the molecule is C[CH]([GeH2][OH])C(=O)O. The Labute approximate surface area is 48.2 Å². The minimum atomic E-state index is -1.67. The van der Waals surface area contributed by atoms with Crippen LogP contribution in [0.25, 0.3) is 0 Å². The normalized spacial score (nSPS) is 15.1. The summed E-state index contributed by atoms with van der Waals surface area (Å²) >= 11 is -1.67. The van der Waals surface area contributed by atoms with Crippen molar-refractivity contribution in [2.24, 2.45) is 0 Å². The monoisotopic (exact) mass is 166 g/mol. The standard InChI is InChI=1S/C3H8GeO3/c1-2(4-7)3(5)6/h2,7H,4H2,1H3,(H,5,6). The molecule has 0 aliphatic carbocycles. The third-order valence-electron chi connectivity index (χ3n) is 0.695. The summed E-state index contributed by atoms with van der Waals surface area (Å²) in [5, 5.41) is 8.07. The molecule has 1 atom stereocenters.